The van der Waals surface area contributed by atoms with E-state index in [1.165, 1.54) is 0 Å². The molecule has 6 nitrogen and oxygen atoms in total. The first kappa shape index (κ1) is 19.5. The van der Waals surface area contributed by atoms with Crippen molar-refractivity contribution in [1.29, 1.82) is 0 Å². The van der Waals surface area contributed by atoms with Gasteiger partial charge >= 0.3 is 0 Å². The molecule has 2 heterocycles. The fourth-order valence-electron chi connectivity index (χ4n) is 3.13. The highest BCUT2D eigenvalue weighted by atomic mass is 127. The van der Waals surface area contributed by atoms with E-state index in [1.54, 1.807) is 10.8 Å². The lowest BCUT2D eigenvalue weighted by atomic mass is 10.1. The van der Waals surface area contributed by atoms with Crippen LogP contribution in [0.4, 0.5) is 0 Å². The van der Waals surface area contributed by atoms with Crippen molar-refractivity contribution in [2.45, 2.75) is 6.42 Å². The zero-order chi connectivity index (χ0) is 20.2. The third-order valence-corrected chi connectivity index (χ3v) is 5.45. The maximum absolute atomic E-state index is 6.06. The highest BCUT2D eigenvalue weighted by molar-refractivity contribution is 14.1. The van der Waals surface area contributed by atoms with Crippen molar-refractivity contribution in [2.75, 3.05) is 13.2 Å². The number of hydrogen-bond donors (Lipinski definition) is 1. The molecule has 1 N–H and O–H groups in total. The number of hydrogen-bond acceptors (Lipinski definition) is 4. The second-order valence-corrected chi connectivity index (χ2v) is 7.63. The number of aryl methyl sites for hydroxylation is 1. The first-order valence-corrected chi connectivity index (χ1v) is 10.4. The monoisotopic (exact) mass is 500 g/mol. The average Bonchev–Trinajstić information content (AvgIpc) is 3.30. The molecule has 0 spiro atoms. The van der Waals surface area contributed by atoms with Crippen molar-refractivity contribution in [1.82, 2.24) is 20.0 Å². The Morgan fingerprint density at radius 1 is 1.17 bits per heavy atom. The molecule has 148 valence electrons. The maximum Gasteiger partial charge on any atom is 0.219 e. The Kier molecular flexibility index (Phi) is 5.84. The molecular weight excluding hydrogens is 479 g/mol. The fraction of sp³-hybridized carbons (Fsp3) is 0.182. The summed E-state index contributed by atoms with van der Waals surface area (Å²) in [6, 6.07) is 14.0. The molecule has 0 radical (unpaired) electrons. The Morgan fingerprint density at radius 2 is 2.00 bits per heavy atom. The summed E-state index contributed by atoms with van der Waals surface area (Å²) in [6.07, 6.45) is 4.39. The Morgan fingerprint density at radius 3 is 2.86 bits per heavy atom. The van der Waals surface area contributed by atoms with Crippen LogP contribution in [0.5, 0.6) is 11.6 Å². The van der Waals surface area contributed by atoms with Gasteiger partial charge in [-0.25, -0.2) is 4.68 Å². The number of aromatic amines is 1. The fourth-order valence-corrected chi connectivity index (χ4v) is 3.69. The molecule has 0 saturated carbocycles. The number of rotatable bonds is 8. The number of fused-ring (bicyclic) bond motifs is 1. The summed E-state index contributed by atoms with van der Waals surface area (Å²) >= 11 is 2.25. The molecular formula is C22H21IN4O2. The number of ether oxygens (including phenoxy) is 2. The zero-order valence-electron chi connectivity index (χ0n) is 16.1. The van der Waals surface area contributed by atoms with E-state index in [9.17, 15) is 0 Å². The van der Waals surface area contributed by atoms with Gasteiger partial charge in [0.2, 0.25) is 5.88 Å². The number of nitrogens with one attached hydrogen (secondary N) is 1. The van der Waals surface area contributed by atoms with E-state index in [4.69, 9.17) is 9.47 Å². The van der Waals surface area contributed by atoms with Crippen LogP contribution in [0.2, 0.25) is 0 Å². The van der Waals surface area contributed by atoms with Gasteiger partial charge in [-0.05, 0) is 46.4 Å². The second kappa shape index (κ2) is 8.69. The van der Waals surface area contributed by atoms with E-state index in [1.807, 2.05) is 49.6 Å². The molecule has 7 heteroatoms. The van der Waals surface area contributed by atoms with Gasteiger partial charge in [-0.15, -0.1) is 0 Å². The summed E-state index contributed by atoms with van der Waals surface area (Å²) < 4.78 is 14.7. The van der Waals surface area contributed by atoms with Crippen LogP contribution < -0.4 is 9.47 Å². The van der Waals surface area contributed by atoms with Crippen LogP contribution in [0.25, 0.3) is 28.1 Å². The second-order valence-electron chi connectivity index (χ2n) is 6.55. The summed E-state index contributed by atoms with van der Waals surface area (Å²) in [5, 5.41) is 12.8. The van der Waals surface area contributed by atoms with Crippen molar-refractivity contribution >= 4 is 39.6 Å². The summed E-state index contributed by atoms with van der Waals surface area (Å²) in [6.45, 7) is 4.92. The Labute approximate surface area is 182 Å². The highest BCUT2D eigenvalue weighted by Crippen LogP contribution is 2.32. The predicted molar refractivity (Wildman–Crippen MR) is 123 cm³/mol. The van der Waals surface area contributed by atoms with E-state index >= 15 is 0 Å². The molecule has 0 bridgehead atoms. The predicted octanol–water partition coefficient (Wildman–Crippen LogP) is 5.06. The SMILES string of the molecule is C=Cc1ccccc1OCCCOc1c(-c2ccc3n[nH]c(I)c3c2)cnn1C. The summed E-state index contributed by atoms with van der Waals surface area (Å²) in [5.41, 5.74) is 3.95. The number of nitrogens with zero attached hydrogens (tertiary/aromatic N) is 3. The summed E-state index contributed by atoms with van der Waals surface area (Å²) in [7, 11) is 1.88. The van der Waals surface area contributed by atoms with Crippen molar-refractivity contribution in [3.63, 3.8) is 0 Å². The highest BCUT2D eigenvalue weighted by Gasteiger charge is 2.14. The van der Waals surface area contributed by atoms with Crippen molar-refractivity contribution in [3.8, 4) is 22.8 Å². The van der Waals surface area contributed by atoms with E-state index in [0.29, 0.717) is 13.2 Å². The van der Waals surface area contributed by atoms with Gasteiger partial charge in [0.1, 0.15) is 9.45 Å². The van der Waals surface area contributed by atoms with Crippen LogP contribution in [-0.4, -0.2) is 33.2 Å². The van der Waals surface area contributed by atoms with Gasteiger partial charge in [-0.2, -0.15) is 10.2 Å². The molecule has 0 aliphatic heterocycles. The average molecular weight is 500 g/mol. The quantitative estimate of drug-likeness (QED) is 0.272. The molecule has 0 saturated heterocycles. The molecule has 0 unspecified atom stereocenters. The van der Waals surface area contributed by atoms with Crippen LogP contribution in [0.1, 0.15) is 12.0 Å². The van der Waals surface area contributed by atoms with Gasteiger partial charge in [0, 0.05) is 24.4 Å². The van der Waals surface area contributed by atoms with Crippen LogP contribution in [0, 0.1) is 3.70 Å². The van der Waals surface area contributed by atoms with Gasteiger partial charge in [0.05, 0.1) is 30.5 Å². The van der Waals surface area contributed by atoms with Gasteiger partial charge in [0.25, 0.3) is 0 Å². The number of benzene rings is 2. The minimum atomic E-state index is 0.536. The topological polar surface area (TPSA) is 65.0 Å². The molecule has 4 aromatic rings. The molecule has 0 fully saturated rings. The van der Waals surface area contributed by atoms with Crippen LogP contribution in [0.3, 0.4) is 0 Å². The van der Waals surface area contributed by atoms with Gasteiger partial charge in [-0.1, -0.05) is 36.9 Å². The third kappa shape index (κ3) is 4.14. The number of para-hydroxylation sites is 1. The molecule has 0 amide bonds. The minimum absolute atomic E-state index is 0.536. The van der Waals surface area contributed by atoms with Gasteiger partial charge in [-0.3, -0.25) is 5.10 Å². The minimum Gasteiger partial charge on any atom is -0.493 e. The first-order valence-electron chi connectivity index (χ1n) is 9.30. The largest absolute Gasteiger partial charge is 0.493 e. The molecule has 4 rings (SSSR count). The number of halogens is 1. The Bertz CT molecular complexity index is 1150. The zero-order valence-corrected chi connectivity index (χ0v) is 18.2. The lowest BCUT2D eigenvalue weighted by Crippen LogP contribution is -2.08. The van der Waals surface area contributed by atoms with Gasteiger partial charge < -0.3 is 9.47 Å². The molecule has 0 aliphatic carbocycles. The standard InChI is InChI=1S/C22H21IN4O2/c1-3-15-7-4-5-8-20(15)28-11-6-12-29-22-18(14-24-27(22)2)16-9-10-19-17(13-16)21(23)26-25-19/h3-5,7-10,13-14H,1,6,11-12H2,2H3,(H,25,26). The third-order valence-electron chi connectivity index (χ3n) is 4.63. The van der Waals surface area contributed by atoms with Crippen LogP contribution >= 0.6 is 22.6 Å². The number of H-pyrrole nitrogens is 1. The lowest BCUT2D eigenvalue weighted by Gasteiger charge is -2.11. The normalized spacial score (nSPS) is 11.0. The van der Waals surface area contributed by atoms with Crippen LogP contribution in [0.15, 0.2) is 55.2 Å². The van der Waals surface area contributed by atoms with Crippen LogP contribution in [-0.2, 0) is 7.05 Å². The van der Waals surface area contributed by atoms with Crippen molar-refractivity contribution in [2.24, 2.45) is 7.05 Å². The van der Waals surface area contributed by atoms with E-state index < -0.39 is 0 Å². The molecule has 0 aliphatic rings. The Balaban J connectivity index is 1.41. The van der Waals surface area contributed by atoms with E-state index in [-0.39, 0.29) is 0 Å². The van der Waals surface area contributed by atoms with Crippen molar-refractivity contribution < 1.29 is 9.47 Å². The smallest absolute Gasteiger partial charge is 0.219 e. The molecule has 0 atom stereocenters. The van der Waals surface area contributed by atoms with Gasteiger partial charge in [0.15, 0.2) is 0 Å². The first-order chi connectivity index (χ1) is 14.2. The molecule has 29 heavy (non-hydrogen) atoms. The molecule has 2 aromatic heterocycles. The Hall–Kier alpha value is -2.81. The molecule has 2 aromatic carbocycles. The maximum atomic E-state index is 6.06. The summed E-state index contributed by atoms with van der Waals surface area (Å²) in [5.74, 6) is 1.58. The number of aromatic nitrogens is 4. The lowest BCUT2D eigenvalue weighted by molar-refractivity contribution is 0.236. The van der Waals surface area contributed by atoms with E-state index in [2.05, 4.69) is 50.5 Å². The van der Waals surface area contributed by atoms with E-state index in [0.717, 1.165) is 49.3 Å². The van der Waals surface area contributed by atoms with Crippen molar-refractivity contribution in [3.05, 3.63) is 64.5 Å². The summed E-state index contributed by atoms with van der Waals surface area (Å²) in [4.78, 5) is 0.